The normalized spacial score (nSPS) is 15.8. The summed E-state index contributed by atoms with van der Waals surface area (Å²) in [5.74, 6) is 1.14. The van der Waals surface area contributed by atoms with Gasteiger partial charge in [0.2, 0.25) is 11.6 Å². The number of methoxy groups -OCH3 is 2. The van der Waals surface area contributed by atoms with E-state index in [0.717, 1.165) is 22.4 Å². The van der Waals surface area contributed by atoms with E-state index >= 15 is 0 Å². The summed E-state index contributed by atoms with van der Waals surface area (Å²) in [6, 6.07) is 15.7. The van der Waals surface area contributed by atoms with Crippen molar-refractivity contribution in [3.05, 3.63) is 110 Å². The van der Waals surface area contributed by atoms with Crippen molar-refractivity contribution in [3.63, 3.8) is 0 Å². The van der Waals surface area contributed by atoms with E-state index in [1.54, 1.807) is 42.6 Å². The van der Waals surface area contributed by atoms with Crippen molar-refractivity contribution < 1.29 is 18.8 Å². The Morgan fingerprint density at radius 2 is 1.67 bits per heavy atom. The Hall–Kier alpha value is -4.67. The lowest BCUT2D eigenvalue weighted by molar-refractivity contribution is -0.407. The van der Waals surface area contributed by atoms with Crippen molar-refractivity contribution >= 4 is 52.1 Å². The number of carbonyl (C=O) groups is 1. The molecular weight excluding hydrogens is 627 g/mol. The number of hydrogen-bond donors (Lipinski definition) is 0. The van der Waals surface area contributed by atoms with Crippen LogP contribution in [0.4, 0.5) is 17.3 Å². The van der Waals surface area contributed by atoms with E-state index in [9.17, 15) is 9.59 Å². The monoisotopic (exact) mass is 659 g/mol. The lowest BCUT2D eigenvalue weighted by atomic mass is 9.87. The molecule has 0 radical (unpaired) electrons. The molecule has 4 heterocycles. The maximum Gasteiger partial charge on any atom is 0.325 e. The van der Waals surface area contributed by atoms with Crippen molar-refractivity contribution in [1.29, 1.82) is 0 Å². The summed E-state index contributed by atoms with van der Waals surface area (Å²) in [4.78, 5) is 41.2. The van der Waals surface area contributed by atoms with Crippen LogP contribution in [0.5, 0.6) is 11.6 Å². The van der Waals surface area contributed by atoms with Crippen molar-refractivity contribution in [2.75, 3.05) is 38.1 Å². The summed E-state index contributed by atoms with van der Waals surface area (Å²) in [7, 11) is 6.81. The Morgan fingerprint density at radius 3 is 2.28 bits per heavy atom. The van der Waals surface area contributed by atoms with Crippen LogP contribution in [0.2, 0.25) is 10.0 Å². The zero-order valence-corrected chi connectivity index (χ0v) is 27.8. The third kappa shape index (κ3) is 5.31. The van der Waals surface area contributed by atoms with Gasteiger partial charge in [-0.3, -0.25) is 14.5 Å². The number of pyridine rings is 1. The maximum absolute atomic E-state index is 14.6. The van der Waals surface area contributed by atoms with Gasteiger partial charge in [-0.05, 0) is 41.5 Å². The van der Waals surface area contributed by atoms with Gasteiger partial charge in [-0.25, -0.2) is 4.98 Å². The average molecular weight is 661 g/mol. The standard InChI is InChI=1S/C34H33Cl2N6O4/c1-19(2)28-27-29(21-9-11-22(35)12-10-21)42(33(44)30(27)41(28)26-16-37-34(39(3)4)38-31(26)46-6)25-15-23(36)18-40(32(25)43)17-20-7-13-24(45-5)14-8-20/h7-16,18-19,29H,17H2,1-6H3/q+1. The highest BCUT2D eigenvalue weighted by molar-refractivity contribution is 6.53. The summed E-state index contributed by atoms with van der Waals surface area (Å²) in [6.07, 6.45) is 3.23. The number of anilines is 2. The average Bonchev–Trinajstić information content (AvgIpc) is 3.26. The first-order valence-corrected chi connectivity index (χ1v) is 15.4. The molecule has 2 aromatic heterocycles. The molecule has 0 bridgehead atoms. The Balaban J connectivity index is 1.54. The number of aromatic nitrogens is 3. The molecule has 46 heavy (non-hydrogen) atoms. The molecular formula is C34H33Cl2N6O4+. The molecule has 1 atom stereocenters. The molecule has 236 valence electrons. The first-order valence-electron chi connectivity index (χ1n) is 14.7. The molecule has 0 spiro atoms. The highest BCUT2D eigenvalue weighted by Gasteiger charge is 2.60. The number of ether oxygens (including phenoxy) is 2. The van der Waals surface area contributed by atoms with Crippen LogP contribution < -0.4 is 24.8 Å². The molecule has 6 rings (SSSR count). The molecule has 0 saturated carbocycles. The number of allylic oxidation sites excluding steroid dienone is 1. The van der Waals surface area contributed by atoms with Gasteiger partial charge in [0.1, 0.15) is 29.2 Å². The number of rotatable bonds is 9. The molecule has 2 aliphatic heterocycles. The summed E-state index contributed by atoms with van der Waals surface area (Å²) < 4.78 is 14.3. The largest absolute Gasteiger partial charge is 0.497 e. The molecule has 2 aromatic carbocycles. The van der Waals surface area contributed by atoms with Crippen molar-refractivity contribution in [2.45, 2.75) is 26.4 Å². The minimum absolute atomic E-state index is 0.00868. The molecule has 1 unspecified atom stereocenters. The second kappa shape index (κ2) is 12.3. The molecule has 1 saturated heterocycles. The van der Waals surface area contributed by atoms with E-state index in [-0.39, 0.29) is 29.6 Å². The Kier molecular flexibility index (Phi) is 8.35. The summed E-state index contributed by atoms with van der Waals surface area (Å²) in [5, 5.41) is 0.879. The van der Waals surface area contributed by atoms with Crippen molar-refractivity contribution in [1.82, 2.24) is 14.5 Å². The van der Waals surface area contributed by atoms with E-state index in [4.69, 9.17) is 32.7 Å². The fourth-order valence-electron chi connectivity index (χ4n) is 5.97. The van der Waals surface area contributed by atoms with E-state index < -0.39 is 6.04 Å². The first-order chi connectivity index (χ1) is 22.0. The van der Waals surface area contributed by atoms with E-state index in [1.807, 2.05) is 55.1 Å². The van der Waals surface area contributed by atoms with Crippen LogP contribution in [0.1, 0.15) is 31.0 Å². The fraction of sp³-hybridized carbons (Fsp3) is 0.265. The SMILES string of the molecule is COc1ccc(Cn2cc(Cl)cc(N3C(=O)C4=[N+](c5cnc(N(C)C)nc5OC)C(C(C)C)=C4C3c3ccc(Cl)cc3)c2=O)cc1. The van der Waals surface area contributed by atoms with Crippen LogP contribution in [0.15, 0.2) is 83.1 Å². The number of fused-ring (bicyclic) bond motifs is 1. The van der Waals surface area contributed by atoms with Gasteiger partial charge in [-0.15, -0.1) is 4.58 Å². The van der Waals surface area contributed by atoms with Crippen LogP contribution >= 0.6 is 23.2 Å². The van der Waals surface area contributed by atoms with E-state index in [0.29, 0.717) is 39.0 Å². The lowest BCUT2D eigenvalue weighted by Gasteiger charge is -2.26. The van der Waals surface area contributed by atoms with Crippen LogP contribution in [-0.4, -0.2) is 59.0 Å². The molecule has 0 aliphatic carbocycles. The minimum Gasteiger partial charge on any atom is -0.497 e. The third-order valence-corrected chi connectivity index (χ3v) is 8.50. The predicted molar refractivity (Wildman–Crippen MR) is 179 cm³/mol. The van der Waals surface area contributed by atoms with Gasteiger partial charge < -0.3 is 18.9 Å². The lowest BCUT2D eigenvalue weighted by Crippen LogP contribution is -2.38. The number of amides is 1. The highest BCUT2D eigenvalue weighted by atomic mass is 35.5. The number of carbonyl (C=O) groups excluding carboxylic acids is 1. The van der Waals surface area contributed by atoms with Crippen LogP contribution in [0, 0.1) is 5.92 Å². The van der Waals surface area contributed by atoms with Gasteiger partial charge in [0.05, 0.1) is 25.8 Å². The topological polar surface area (TPSA) is 92.8 Å². The van der Waals surface area contributed by atoms with Crippen LogP contribution in [0.25, 0.3) is 0 Å². The predicted octanol–water partition coefficient (Wildman–Crippen LogP) is 5.87. The second-order valence-electron chi connectivity index (χ2n) is 11.6. The van der Waals surface area contributed by atoms with E-state index in [1.165, 1.54) is 16.6 Å². The van der Waals surface area contributed by atoms with Gasteiger partial charge in [0, 0.05) is 31.2 Å². The van der Waals surface area contributed by atoms with Gasteiger partial charge in [-0.2, -0.15) is 4.98 Å². The summed E-state index contributed by atoms with van der Waals surface area (Å²) in [6.45, 7) is 4.36. The van der Waals surface area contributed by atoms with Crippen molar-refractivity contribution in [2.24, 2.45) is 5.92 Å². The van der Waals surface area contributed by atoms with Crippen molar-refractivity contribution in [3.8, 4) is 11.6 Å². The van der Waals surface area contributed by atoms with Gasteiger partial charge in [0.25, 0.3) is 22.8 Å². The molecule has 1 amide bonds. The molecule has 12 heteroatoms. The second-order valence-corrected chi connectivity index (χ2v) is 12.4. The first kappa shape index (κ1) is 31.3. The molecule has 2 aliphatic rings. The summed E-state index contributed by atoms with van der Waals surface area (Å²) >= 11 is 12.9. The third-order valence-electron chi connectivity index (χ3n) is 8.04. The smallest absolute Gasteiger partial charge is 0.325 e. The zero-order chi connectivity index (χ0) is 32.9. The fourth-order valence-corrected chi connectivity index (χ4v) is 6.32. The Morgan fingerprint density at radius 1 is 0.978 bits per heavy atom. The minimum atomic E-state index is -0.609. The number of halogens is 2. The maximum atomic E-state index is 14.6. The molecule has 10 nitrogen and oxygen atoms in total. The number of hydrogen-bond acceptors (Lipinski definition) is 7. The van der Waals surface area contributed by atoms with Crippen LogP contribution in [-0.2, 0) is 11.3 Å². The highest BCUT2D eigenvalue weighted by Crippen LogP contribution is 2.49. The quantitative estimate of drug-likeness (QED) is 0.207. The Labute approximate surface area is 276 Å². The van der Waals surface area contributed by atoms with Crippen LogP contribution in [0.3, 0.4) is 0 Å². The van der Waals surface area contributed by atoms with E-state index in [2.05, 4.69) is 23.8 Å². The van der Waals surface area contributed by atoms with Gasteiger partial charge >= 0.3 is 5.91 Å². The number of nitrogens with zero attached hydrogens (tertiary/aromatic N) is 6. The Bertz CT molecular complexity index is 1970. The molecule has 4 aromatic rings. The molecule has 0 N–H and O–H groups in total. The van der Waals surface area contributed by atoms with Gasteiger partial charge in [0.15, 0.2) is 0 Å². The van der Waals surface area contributed by atoms with Gasteiger partial charge in [-0.1, -0.05) is 61.3 Å². The molecule has 1 fully saturated rings. The zero-order valence-electron chi connectivity index (χ0n) is 26.3. The summed E-state index contributed by atoms with van der Waals surface area (Å²) in [5.41, 5.74) is 4.13. The number of benzene rings is 2.